The number of nitrogens with zero attached hydrogens (tertiary/aromatic N) is 2. The minimum atomic E-state index is -0.445. The monoisotopic (exact) mass is 421 g/mol. The zero-order chi connectivity index (χ0) is 21.5. The number of rotatable bonds is 4. The molecule has 0 saturated carbocycles. The van der Waals surface area contributed by atoms with Gasteiger partial charge in [-0.2, -0.15) is 0 Å². The standard InChI is InChI=1S/C23H20FN3O4/c1-12-9-25-13(2)21(27-12)15-5-16-6-17(31-22(16)18(24)7-15)10-26-23(28)14-3-4-19-20(8-14)30-11-29-19/h3-5,7-9,17H,6,10-11H2,1-2H3,(H,26,28). The Hall–Kier alpha value is -3.68. The van der Waals surface area contributed by atoms with E-state index in [2.05, 4.69) is 15.3 Å². The van der Waals surface area contributed by atoms with Crippen LogP contribution in [0.1, 0.15) is 27.3 Å². The van der Waals surface area contributed by atoms with Gasteiger partial charge in [-0.3, -0.25) is 9.78 Å². The topological polar surface area (TPSA) is 82.6 Å². The average molecular weight is 421 g/mol. The van der Waals surface area contributed by atoms with Crippen molar-refractivity contribution in [3.8, 4) is 28.5 Å². The van der Waals surface area contributed by atoms with Crippen LogP contribution in [0.15, 0.2) is 36.5 Å². The Morgan fingerprint density at radius 2 is 2.03 bits per heavy atom. The first-order valence-corrected chi connectivity index (χ1v) is 9.95. The van der Waals surface area contributed by atoms with Gasteiger partial charge in [-0.1, -0.05) is 0 Å². The Kier molecular flexibility index (Phi) is 4.69. The molecule has 0 saturated heterocycles. The van der Waals surface area contributed by atoms with E-state index in [9.17, 15) is 9.18 Å². The van der Waals surface area contributed by atoms with E-state index in [0.717, 1.165) is 17.0 Å². The quantitative estimate of drug-likeness (QED) is 0.696. The summed E-state index contributed by atoms with van der Waals surface area (Å²) in [4.78, 5) is 21.3. The fourth-order valence-electron chi connectivity index (χ4n) is 3.80. The van der Waals surface area contributed by atoms with Gasteiger partial charge in [0, 0.05) is 29.3 Å². The van der Waals surface area contributed by atoms with Gasteiger partial charge in [0.1, 0.15) is 6.10 Å². The fraction of sp³-hybridized carbons (Fsp3) is 0.261. The number of ether oxygens (including phenoxy) is 3. The molecule has 1 aromatic heterocycles. The molecular weight excluding hydrogens is 401 g/mol. The lowest BCUT2D eigenvalue weighted by atomic mass is 10.0. The molecule has 3 heterocycles. The number of fused-ring (bicyclic) bond motifs is 2. The largest absolute Gasteiger partial charge is 0.485 e. The highest BCUT2D eigenvalue weighted by Gasteiger charge is 2.28. The fourth-order valence-corrected chi connectivity index (χ4v) is 3.80. The number of amides is 1. The van der Waals surface area contributed by atoms with Crippen molar-refractivity contribution in [2.24, 2.45) is 0 Å². The molecule has 5 rings (SSSR count). The van der Waals surface area contributed by atoms with Crippen molar-refractivity contribution >= 4 is 5.91 Å². The van der Waals surface area contributed by atoms with Gasteiger partial charge in [0.2, 0.25) is 6.79 Å². The summed E-state index contributed by atoms with van der Waals surface area (Å²) >= 11 is 0. The number of aryl methyl sites for hydroxylation is 2. The van der Waals surface area contributed by atoms with Crippen molar-refractivity contribution in [1.29, 1.82) is 0 Å². The maximum atomic E-state index is 14.7. The summed E-state index contributed by atoms with van der Waals surface area (Å²) in [6.45, 7) is 4.09. The van der Waals surface area contributed by atoms with E-state index in [-0.39, 0.29) is 31.1 Å². The van der Waals surface area contributed by atoms with Crippen LogP contribution in [0.25, 0.3) is 11.3 Å². The van der Waals surface area contributed by atoms with Crippen LogP contribution in [0.3, 0.4) is 0 Å². The molecule has 2 aromatic carbocycles. The Labute approximate surface area is 178 Å². The molecule has 1 amide bonds. The zero-order valence-corrected chi connectivity index (χ0v) is 17.1. The summed E-state index contributed by atoms with van der Waals surface area (Å²) in [5.74, 6) is 0.682. The summed E-state index contributed by atoms with van der Waals surface area (Å²) in [7, 11) is 0. The molecule has 1 atom stereocenters. The minimum Gasteiger partial charge on any atom is -0.485 e. The molecule has 0 spiro atoms. The number of hydrogen-bond donors (Lipinski definition) is 1. The summed E-state index contributed by atoms with van der Waals surface area (Å²) in [6.07, 6.45) is 1.81. The molecule has 2 aliphatic heterocycles. The molecule has 2 aliphatic rings. The van der Waals surface area contributed by atoms with Gasteiger partial charge in [0.05, 0.1) is 23.6 Å². The summed E-state index contributed by atoms with van der Waals surface area (Å²) in [5, 5.41) is 2.84. The van der Waals surface area contributed by atoms with Crippen molar-refractivity contribution in [1.82, 2.24) is 15.3 Å². The van der Waals surface area contributed by atoms with Crippen LogP contribution in [-0.2, 0) is 6.42 Å². The third-order valence-corrected chi connectivity index (χ3v) is 5.33. The second-order valence-corrected chi connectivity index (χ2v) is 7.61. The first-order valence-electron chi connectivity index (χ1n) is 9.95. The second-order valence-electron chi connectivity index (χ2n) is 7.61. The van der Waals surface area contributed by atoms with Crippen LogP contribution in [0.4, 0.5) is 4.39 Å². The predicted molar refractivity (Wildman–Crippen MR) is 110 cm³/mol. The van der Waals surface area contributed by atoms with E-state index in [1.54, 1.807) is 24.4 Å². The lowest BCUT2D eigenvalue weighted by Gasteiger charge is -2.12. The van der Waals surface area contributed by atoms with Gasteiger partial charge in [0.25, 0.3) is 5.91 Å². The van der Waals surface area contributed by atoms with E-state index in [1.165, 1.54) is 6.07 Å². The Bertz CT molecular complexity index is 1200. The van der Waals surface area contributed by atoms with E-state index >= 15 is 0 Å². The van der Waals surface area contributed by atoms with Gasteiger partial charge in [0.15, 0.2) is 23.1 Å². The molecule has 1 unspecified atom stereocenters. The molecular formula is C23H20FN3O4. The van der Waals surface area contributed by atoms with Gasteiger partial charge in [-0.25, -0.2) is 9.37 Å². The highest BCUT2D eigenvalue weighted by atomic mass is 19.1. The first kappa shape index (κ1) is 19.3. The molecule has 0 radical (unpaired) electrons. The molecule has 3 aromatic rings. The molecule has 0 bridgehead atoms. The number of carbonyl (C=O) groups is 1. The highest BCUT2D eigenvalue weighted by Crippen LogP contribution is 2.36. The van der Waals surface area contributed by atoms with E-state index < -0.39 is 5.82 Å². The highest BCUT2D eigenvalue weighted by molar-refractivity contribution is 5.95. The van der Waals surface area contributed by atoms with E-state index in [1.807, 2.05) is 19.9 Å². The lowest BCUT2D eigenvalue weighted by molar-refractivity contribution is 0.0932. The Morgan fingerprint density at radius 1 is 1.19 bits per heavy atom. The molecule has 158 valence electrons. The number of hydrogen-bond acceptors (Lipinski definition) is 6. The molecule has 1 N–H and O–H groups in total. The first-order chi connectivity index (χ1) is 15.0. The van der Waals surface area contributed by atoms with Gasteiger partial charge in [-0.05, 0) is 44.2 Å². The maximum absolute atomic E-state index is 14.7. The molecule has 8 heteroatoms. The van der Waals surface area contributed by atoms with Gasteiger partial charge < -0.3 is 19.5 Å². The van der Waals surface area contributed by atoms with Crippen molar-refractivity contribution in [2.75, 3.05) is 13.3 Å². The van der Waals surface area contributed by atoms with Crippen LogP contribution >= 0.6 is 0 Å². The van der Waals surface area contributed by atoms with E-state index in [0.29, 0.717) is 34.7 Å². The average Bonchev–Trinajstić information content (AvgIpc) is 3.40. The maximum Gasteiger partial charge on any atom is 0.251 e. The van der Waals surface area contributed by atoms with Gasteiger partial charge >= 0.3 is 0 Å². The van der Waals surface area contributed by atoms with E-state index in [4.69, 9.17) is 14.2 Å². The number of nitrogens with one attached hydrogen (secondary N) is 1. The third-order valence-electron chi connectivity index (χ3n) is 5.33. The number of carbonyl (C=O) groups excluding carboxylic acids is 1. The van der Waals surface area contributed by atoms with Gasteiger partial charge in [-0.15, -0.1) is 0 Å². The number of halogens is 1. The van der Waals surface area contributed by atoms with Crippen LogP contribution in [-0.4, -0.2) is 35.3 Å². The SMILES string of the molecule is Cc1cnc(C)c(-c2cc(F)c3c(c2)CC(CNC(=O)c2ccc4c(c2)OCO4)O3)n1. The van der Waals surface area contributed by atoms with Crippen LogP contribution in [0.5, 0.6) is 17.2 Å². The summed E-state index contributed by atoms with van der Waals surface area (Å²) < 4.78 is 31.1. The second kappa shape index (κ2) is 7.54. The van der Waals surface area contributed by atoms with Crippen LogP contribution < -0.4 is 19.5 Å². The van der Waals surface area contributed by atoms with Crippen molar-refractivity contribution in [3.63, 3.8) is 0 Å². The molecule has 31 heavy (non-hydrogen) atoms. The molecule has 0 fully saturated rings. The molecule has 7 nitrogen and oxygen atoms in total. The number of aromatic nitrogens is 2. The Morgan fingerprint density at radius 3 is 2.90 bits per heavy atom. The number of benzene rings is 2. The van der Waals surface area contributed by atoms with Crippen LogP contribution in [0.2, 0.25) is 0 Å². The third kappa shape index (κ3) is 3.65. The molecule has 0 aliphatic carbocycles. The van der Waals surface area contributed by atoms with Crippen LogP contribution in [0, 0.1) is 19.7 Å². The van der Waals surface area contributed by atoms with Crippen molar-refractivity contribution in [3.05, 3.63) is 64.9 Å². The normalized spacial score (nSPS) is 16.0. The summed E-state index contributed by atoms with van der Waals surface area (Å²) in [6, 6.07) is 8.31. The smallest absolute Gasteiger partial charge is 0.251 e. The van der Waals surface area contributed by atoms with Crippen molar-refractivity contribution in [2.45, 2.75) is 26.4 Å². The van der Waals surface area contributed by atoms with Crippen molar-refractivity contribution < 1.29 is 23.4 Å². The lowest BCUT2D eigenvalue weighted by Crippen LogP contribution is -2.34. The minimum absolute atomic E-state index is 0.149. The Balaban J connectivity index is 1.29. The predicted octanol–water partition coefficient (Wildman–Crippen LogP) is 3.36. The zero-order valence-electron chi connectivity index (χ0n) is 17.1. The summed E-state index contributed by atoms with van der Waals surface area (Å²) in [5.41, 5.74) is 4.03.